The molecule has 0 saturated carbocycles. The van der Waals surface area contributed by atoms with Crippen molar-refractivity contribution >= 4 is 21.1 Å². The summed E-state index contributed by atoms with van der Waals surface area (Å²) < 4.78 is 31.7. The molecule has 0 amide bonds. The number of aromatic amines is 1. The molecule has 116 valence electrons. The average molecular weight is 312 g/mol. The Kier molecular flexibility index (Phi) is 4.84. The van der Waals surface area contributed by atoms with E-state index < -0.39 is 15.8 Å². The zero-order valence-corrected chi connectivity index (χ0v) is 13.0. The van der Waals surface area contributed by atoms with Crippen LogP contribution >= 0.6 is 0 Å². The Morgan fingerprint density at radius 2 is 2.05 bits per heavy atom. The van der Waals surface area contributed by atoms with Crippen LogP contribution in [0.25, 0.3) is 11.1 Å². The summed E-state index contributed by atoms with van der Waals surface area (Å²) in [4.78, 5) is 13.6. The number of benzene rings is 1. The van der Waals surface area contributed by atoms with Gasteiger partial charge in [0.25, 0.3) is 0 Å². The molecule has 0 unspecified atom stereocenters. The molecule has 6 nitrogen and oxygen atoms in total. The number of unbranched alkanes of at least 4 members (excludes halogenated alkanes) is 1. The molecular weight excluding hydrogens is 292 g/mol. The molecule has 2 N–H and O–H groups in total. The Morgan fingerprint density at radius 1 is 1.29 bits per heavy atom. The summed E-state index contributed by atoms with van der Waals surface area (Å²) in [6.45, 7) is 4.69. The molecule has 0 atom stereocenters. The third-order valence-electron chi connectivity index (χ3n) is 3.20. The SMILES string of the molecule is CC(C)CCCCNS(=O)(=O)c1ccc2[nH]c(=O)oc2c1. The molecule has 1 heterocycles. The second-order valence-electron chi connectivity index (χ2n) is 5.46. The topological polar surface area (TPSA) is 92.2 Å². The fraction of sp³-hybridized carbons (Fsp3) is 0.500. The van der Waals surface area contributed by atoms with Gasteiger partial charge >= 0.3 is 5.76 Å². The highest BCUT2D eigenvalue weighted by Crippen LogP contribution is 2.16. The van der Waals surface area contributed by atoms with E-state index in [-0.39, 0.29) is 10.5 Å². The molecule has 0 aliphatic rings. The van der Waals surface area contributed by atoms with Gasteiger partial charge in [-0.3, -0.25) is 4.98 Å². The van der Waals surface area contributed by atoms with Gasteiger partial charge in [-0.25, -0.2) is 17.9 Å². The molecule has 21 heavy (non-hydrogen) atoms. The number of oxazole rings is 1. The minimum Gasteiger partial charge on any atom is -0.408 e. The summed E-state index contributed by atoms with van der Waals surface area (Å²) in [5, 5.41) is 0. The molecule has 1 aromatic heterocycles. The Hall–Kier alpha value is -1.60. The lowest BCUT2D eigenvalue weighted by Crippen LogP contribution is -2.24. The summed E-state index contributed by atoms with van der Waals surface area (Å²) in [6, 6.07) is 4.32. The minimum atomic E-state index is -3.57. The average Bonchev–Trinajstić information content (AvgIpc) is 2.76. The first-order chi connectivity index (χ1) is 9.88. The van der Waals surface area contributed by atoms with E-state index in [0.29, 0.717) is 18.0 Å². The second kappa shape index (κ2) is 6.44. The van der Waals surface area contributed by atoms with Crippen LogP contribution in [0.3, 0.4) is 0 Å². The predicted octanol–water partition coefficient (Wildman–Crippen LogP) is 2.23. The van der Waals surface area contributed by atoms with Crippen LogP contribution in [0, 0.1) is 5.92 Å². The number of rotatable bonds is 7. The number of fused-ring (bicyclic) bond motifs is 1. The van der Waals surface area contributed by atoms with E-state index in [1.807, 2.05) is 0 Å². The van der Waals surface area contributed by atoms with Crippen LogP contribution < -0.4 is 10.5 Å². The summed E-state index contributed by atoms with van der Waals surface area (Å²) in [6.07, 6.45) is 2.88. The zero-order valence-electron chi connectivity index (χ0n) is 12.2. The summed E-state index contributed by atoms with van der Waals surface area (Å²) in [5.74, 6) is 0.0293. The van der Waals surface area contributed by atoms with Gasteiger partial charge in [0.2, 0.25) is 10.0 Å². The highest BCUT2D eigenvalue weighted by Gasteiger charge is 2.15. The van der Waals surface area contributed by atoms with E-state index in [4.69, 9.17) is 4.42 Å². The fourth-order valence-electron chi connectivity index (χ4n) is 2.06. The number of hydrogen-bond donors (Lipinski definition) is 2. The van der Waals surface area contributed by atoms with Crippen LogP contribution in [0.1, 0.15) is 33.1 Å². The number of nitrogens with one attached hydrogen (secondary N) is 2. The van der Waals surface area contributed by atoms with Crippen molar-refractivity contribution in [3.05, 3.63) is 28.7 Å². The monoisotopic (exact) mass is 312 g/mol. The lowest BCUT2D eigenvalue weighted by Gasteiger charge is -2.07. The first-order valence-corrected chi connectivity index (χ1v) is 8.49. The smallest absolute Gasteiger partial charge is 0.408 e. The number of hydrogen-bond acceptors (Lipinski definition) is 4. The van der Waals surface area contributed by atoms with Gasteiger partial charge in [0, 0.05) is 12.6 Å². The second-order valence-corrected chi connectivity index (χ2v) is 7.23. The van der Waals surface area contributed by atoms with Crippen LogP contribution in [0.4, 0.5) is 0 Å². The Bertz CT molecular complexity index is 759. The first-order valence-electron chi connectivity index (χ1n) is 7.01. The number of sulfonamides is 1. The highest BCUT2D eigenvalue weighted by molar-refractivity contribution is 7.89. The fourth-order valence-corrected chi connectivity index (χ4v) is 3.15. The van der Waals surface area contributed by atoms with Gasteiger partial charge in [0.05, 0.1) is 10.4 Å². The maximum absolute atomic E-state index is 12.1. The molecule has 2 rings (SSSR count). The number of aromatic nitrogens is 1. The molecule has 2 aromatic rings. The summed E-state index contributed by atoms with van der Waals surface area (Å²) in [7, 11) is -3.57. The molecule has 0 bridgehead atoms. The van der Waals surface area contributed by atoms with Crippen molar-refractivity contribution in [2.75, 3.05) is 6.54 Å². The number of H-pyrrole nitrogens is 1. The van der Waals surface area contributed by atoms with Crippen LogP contribution in [0.15, 0.2) is 32.3 Å². The van der Waals surface area contributed by atoms with E-state index in [1.165, 1.54) is 18.2 Å². The lowest BCUT2D eigenvalue weighted by atomic mass is 10.1. The molecule has 0 aliphatic carbocycles. The normalized spacial score (nSPS) is 12.3. The van der Waals surface area contributed by atoms with Gasteiger partial charge in [-0.05, 0) is 24.5 Å². The third kappa shape index (κ3) is 4.18. The van der Waals surface area contributed by atoms with E-state index in [2.05, 4.69) is 23.6 Å². The zero-order chi connectivity index (χ0) is 15.5. The van der Waals surface area contributed by atoms with Crippen LogP contribution in [-0.2, 0) is 10.0 Å². The molecule has 0 aliphatic heterocycles. The minimum absolute atomic E-state index is 0.0987. The molecule has 0 saturated heterocycles. The van der Waals surface area contributed by atoms with Crippen molar-refractivity contribution in [2.24, 2.45) is 5.92 Å². The molecule has 0 radical (unpaired) electrons. The molecule has 0 fully saturated rings. The maximum atomic E-state index is 12.1. The van der Waals surface area contributed by atoms with E-state index in [9.17, 15) is 13.2 Å². The largest absolute Gasteiger partial charge is 0.417 e. The highest BCUT2D eigenvalue weighted by atomic mass is 32.2. The Labute approximate surface area is 123 Å². The first kappa shape index (κ1) is 15.8. The quantitative estimate of drug-likeness (QED) is 0.767. The van der Waals surface area contributed by atoms with E-state index in [1.54, 1.807) is 0 Å². The van der Waals surface area contributed by atoms with Gasteiger partial charge in [-0.2, -0.15) is 0 Å². The van der Waals surface area contributed by atoms with Crippen molar-refractivity contribution in [1.29, 1.82) is 0 Å². The third-order valence-corrected chi connectivity index (χ3v) is 4.66. The van der Waals surface area contributed by atoms with Gasteiger partial charge in [-0.1, -0.05) is 26.7 Å². The van der Waals surface area contributed by atoms with Crippen molar-refractivity contribution < 1.29 is 12.8 Å². The lowest BCUT2D eigenvalue weighted by molar-refractivity contribution is 0.530. The van der Waals surface area contributed by atoms with E-state index in [0.717, 1.165) is 19.3 Å². The molecule has 1 aromatic carbocycles. The van der Waals surface area contributed by atoms with Crippen molar-refractivity contribution in [1.82, 2.24) is 9.71 Å². The Morgan fingerprint density at radius 3 is 2.76 bits per heavy atom. The van der Waals surface area contributed by atoms with Crippen molar-refractivity contribution in [2.45, 2.75) is 38.0 Å². The molecular formula is C14H20N2O4S. The predicted molar refractivity (Wildman–Crippen MR) is 80.7 cm³/mol. The summed E-state index contributed by atoms with van der Waals surface area (Å²) in [5.41, 5.74) is 0.721. The van der Waals surface area contributed by atoms with Gasteiger partial charge in [0.1, 0.15) is 0 Å². The molecule has 7 heteroatoms. The van der Waals surface area contributed by atoms with Crippen molar-refractivity contribution in [3.63, 3.8) is 0 Å². The van der Waals surface area contributed by atoms with E-state index >= 15 is 0 Å². The van der Waals surface area contributed by atoms with Crippen LogP contribution in [0.2, 0.25) is 0 Å². The summed E-state index contributed by atoms with van der Waals surface area (Å²) >= 11 is 0. The van der Waals surface area contributed by atoms with Gasteiger partial charge in [0.15, 0.2) is 5.58 Å². The standard InChI is InChI=1S/C14H20N2O4S/c1-10(2)5-3-4-8-15-21(18,19)11-6-7-12-13(9-11)20-14(17)16-12/h6-7,9-10,15H,3-5,8H2,1-2H3,(H,16,17). The maximum Gasteiger partial charge on any atom is 0.417 e. The molecule has 0 spiro atoms. The van der Waals surface area contributed by atoms with Crippen molar-refractivity contribution in [3.8, 4) is 0 Å². The Balaban J connectivity index is 2.02. The van der Waals surface area contributed by atoms with Crippen LogP contribution in [0.5, 0.6) is 0 Å². The van der Waals surface area contributed by atoms with Gasteiger partial charge < -0.3 is 4.42 Å². The van der Waals surface area contributed by atoms with Gasteiger partial charge in [-0.15, -0.1) is 0 Å². The van der Waals surface area contributed by atoms with Crippen LogP contribution in [-0.4, -0.2) is 19.9 Å².